The van der Waals surface area contributed by atoms with E-state index < -0.39 is 33.5 Å². The van der Waals surface area contributed by atoms with Gasteiger partial charge in [0.15, 0.2) is 0 Å². The fraction of sp³-hybridized carbons (Fsp3) is 0.235. The van der Waals surface area contributed by atoms with Gasteiger partial charge >= 0.3 is 6.18 Å². The van der Waals surface area contributed by atoms with E-state index in [0.717, 1.165) is 23.3 Å². The maximum Gasteiger partial charge on any atom is 0.402 e. The van der Waals surface area contributed by atoms with Crippen LogP contribution in [-0.2, 0) is 10.0 Å². The minimum absolute atomic E-state index is 0.0138. The summed E-state index contributed by atoms with van der Waals surface area (Å²) in [4.78, 5) is 11.9. The third-order valence-corrected chi connectivity index (χ3v) is 4.90. The zero-order chi connectivity index (χ0) is 19.5. The number of amides is 1. The summed E-state index contributed by atoms with van der Waals surface area (Å²) in [6.07, 6.45) is -4.68. The van der Waals surface area contributed by atoms with Crippen LogP contribution in [0.1, 0.15) is 21.5 Å². The Morgan fingerprint density at radius 2 is 1.77 bits per heavy atom. The van der Waals surface area contributed by atoms with Gasteiger partial charge in [0, 0.05) is 11.3 Å². The van der Waals surface area contributed by atoms with E-state index in [0.29, 0.717) is 5.69 Å². The fourth-order valence-electron chi connectivity index (χ4n) is 2.21. The van der Waals surface area contributed by atoms with Gasteiger partial charge in [-0.3, -0.25) is 4.79 Å². The summed E-state index contributed by atoms with van der Waals surface area (Å²) in [5, 5.41) is 2.65. The maximum atomic E-state index is 12.3. The summed E-state index contributed by atoms with van der Waals surface area (Å²) in [7, 11) is -4.39. The van der Waals surface area contributed by atoms with Crippen LogP contribution in [-0.4, -0.2) is 27.0 Å². The van der Waals surface area contributed by atoms with Gasteiger partial charge in [0.05, 0.1) is 4.90 Å². The van der Waals surface area contributed by atoms with Gasteiger partial charge in [-0.15, -0.1) is 0 Å². The summed E-state index contributed by atoms with van der Waals surface area (Å²) in [5.74, 6) is -0.565. The highest BCUT2D eigenvalue weighted by Gasteiger charge is 2.30. The molecule has 0 aliphatic carbocycles. The number of sulfonamides is 1. The minimum atomic E-state index is -4.68. The van der Waals surface area contributed by atoms with Crippen LogP contribution >= 0.6 is 0 Å². The Balaban J connectivity index is 2.21. The first kappa shape index (κ1) is 19.9. The fourth-order valence-corrected chi connectivity index (χ4v) is 3.27. The van der Waals surface area contributed by atoms with E-state index in [9.17, 15) is 26.4 Å². The molecule has 0 atom stereocenters. The molecule has 0 saturated carbocycles. The molecule has 0 unspecified atom stereocenters. The third kappa shape index (κ3) is 5.30. The van der Waals surface area contributed by atoms with Crippen molar-refractivity contribution in [2.24, 2.45) is 0 Å². The molecule has 0 spiro atoms. The van der Waals surface area contributed by atoms with E-state index in [4.69, 9.17) is 0 Å². The first-order chi connectivity index (χ1) is 12.0. The van der Waals surface area contributed by atoms with Crippen LogP contribution in [0.3, 0.4) is 0 Å². The normalized spacial score (nSPS) is 12.0. The summed E-state index contributed by atoms with van der Waals surface area (Å²) < 4.78 is 62.1. The van der Waals surface area contributed by atoms with E-state index in [1.807, 2.05) is 26.0 Å². The highest BCUT2D eigenvalue weighted by Crippen LogP contribution is 2.19. The zero-order valence-electron chi connectivity index (χ0n) is 14.0. The molecule has 26 heavy (non-hydrogen) atoms. The molecule has 2 aromatic carbocycles. The monoisotopic (exact) mass is 386 g/mol. The van der Waals surface area contributed by atoms with Crippen LogP contribution in [0.15, 0.2) is 47.4 Å². The van der Waals surface area contributed by atoms with Gasteiger partial charge in [0.2, 0.25) is 10.0 Å². The van der Waals surface area contributed by atoms with Gasteiger partial charge in [-0.1, -0.05) is 23.8 Å². The number of hydrogen-bond donors (Lipinski definition) is 2. The van der Waals surface area contributed by atoms with Crippen LogP contribution in [0, 0.1) is 13.8 Å². The van der Waals surface area contributed by atoms with Crippen molar-refractivity contribution in [3.8, 4) is 0 Å². The Morgan fingerprint density at radius 3 is 2.38 bits per heavy atom. The van der Waals surface area contributed by atoms with Crippen molar-refractivity contribution >= 4 is 21.6 Å². The molecule has 0 aromatic heterocycles. The van der Waals surface area contributed by atoms with Gasteiger partial charge in [0.25, 0.3) is 5.91 Å². The Kier molecular flexibility index (Phi) is 5.72. The maximum absolute atomic E-state index is 12.3. The molecular formula is C17H17F3N2O3S. The summed E-state index contributed by atoms with van der Waals surface area (Å²) in [5.41, 5.74) is 2.42. The number of rotatable bonds is 5. The molecule has 140 valence electrons. The molecule has 9 heteroatoms. The van der Waals surface area contributed by atoms with Crippen LogP contribution in [0.25, 0.3) is 0 Å². The number of carbonyl (C=O) groups is 1. The standard InChI is InChI=1S/C17H17F3N2O3S/c1-11-6-7-15(12(2)8-11)22-16(23)13-4-3-5-14(9-13)26(24,25)21-10-17(18,19)20/h3-9,21H,10H2,1-2H3,(H,22,23). The van der Waals surface area contributed by atoms with Crippen molar-refractivity contribution in [2.75, 3.05) is 11.9 Å². The zero-order valence-corrected chi connectivity index (χ0v) is 14.8. The second-order valence-corrected chi connectivity index (χ2v) is 7.51. The number of carbonyl (C=O) groups excluding carboxylic acids is 1. The molecule has 5 nitrogen and oxygen atoms in total. The first-order valence-corrected chi connectivity index (χ1v) is 9.01. The number of halogens is 3. The molecule has 0 fully saturated rings. The number of alkyl halides is 3. The van der Waals surface area contributed by atoms with E-state index in [2.05, 4.69) is 5.32 Å². The summed E-state index contributed by atoms with van der Waals surface area (Å²) >= 11 is 0. The minimum Gasteiger partial charge on any atom is -0.322 e. The van der Waals surface area contributed by atoms with Crippen molar-refractivity contribution in [2.45, 2.75) is 24.9 Å². The van der Waals surface area contributed by atoms with E-state index in [1.54, 1.807) is 6.07 Å². The third-order valence-electron chi connectivity index (χ3n) is 3.50. The van der Waals surface area contributed by atoms with Gasteiger partial charge in [-0.25, -0.2) is 13.1 Å². The van der Waals surface area contributed by atoms with Crippen LogP contribution < -0.4 is 10.0 Å². The number of nitrogens with one attached hydrogen (secondary N) is 2. The van der Waals surface area contributed by atoms with E-state index in [-0.39, 0.29) is 5.56 Å². The molecule has 0 saturated heterocycles. The molecule has 2 aromatic rings. The lowest BCUT2D eigenvalue weighted by Crippen LogP contribution is -2.33. The Labute approximate surface area is 149 Å². The van der Waals surface area contributed by atoms with Crippen LogP contribution in [0.4, 0.5) is 18.9 Å². The molecule has 2 rings (SSSR count). The first-order valence-electron chi connectivity index (χ1n) is 7.53. The average Bonchev–Trinajstić information content (AvgIpc) is 2.55. The molecule has 0 radical (unpaired) electrons. The van der Waals surface area contributed by atoms with Crippen LogP contribution in [0.5, 0.6) is 0 Å². The molecule has 0 heterocycles. The lowest BCUT2D eigenvalue weighted by molar-refractivity contribution is -0.121. The highest BCUT2D eigenvalue weighted by molar-refractivity contribution is 7.89. The summed E-state index contributed by atoms with van der Waals surface area (Å²) in [6, 6.07) is 10.2. The quantitative estimate of drug-likeness (QED) is 0.827. The number of benzene rings is 2. The predicted molar refractivity (Wildman–Crippen MR) is 91.6 cm³/mol. The Morgan fingerprint density at radius 1 is 1.08 bits per heavy atom. The van der Waals surface area contributed by atoms with Crippen molar-refractivity contribution in [1.29, 1.82) is 0 Å². The van der Waals surface area contributed by atoms with Crippen molar-refractivity contribution in [1.82, 2.24) is 4.72 Å². The van der Waals surface area contributed by atoms with Crippen molar-refractivity contribution in [3.63, 3.8) is 0 Å². The van der Waals surface area contributed by atoms with Gasteiger partial charge < -0.3 is 5.32 Å². The number of aryl methyl sites for hydroxylation is 2. The molecule has 0 aliphatic rings. The second-order valence-electron chi connectivity index (χ2n) is 5.74. The molecular weight excluding hydrogens is 369 g/mol. The van der Waals surface area contributed by atoms with Gasteiger partial charge in [-0.2, -0.15) is 13.2 Å². The highest BCUT2D eigenvalue weighted by atomic mass is 32.2. The SMILES string of the molecule is Cc1ccc(NC(=O)c2cccc(S(=O)(=O)NCC(F)(F)F)c2)c(C)c1. The number of hydrogen-bond acceptors (Lipinski definition) is 3. The molecule has 0 bridgehead atoms. The topological polar surface area (TPSA) is 75.3 Å². The van der Waals surface area contributed by atoms with Gasteiger partial charge in [-0.05, 0) is 43.7 Å². The van der Waals surface area contributed by atoms with Gasteiger partial charge in [0.1, 0.15) is 6.54 Å². The van der Waals surface area contributed by atoms with E-state index >= 15 is 0 Å². The Bertz CT molecular complexity index is 925. The molecule has 1 amide bonds. The Hall–Kier alpha value is -2.39. The summed E-state index contributed by atoms with van der Waals surface area (Å²) in [6.45, 7) is 2.03. The number of anilines is 1. The van der Waals surface area contributed by atoms with Crippen molar-refractivity contribution < 1.29 is 26.4 Å². The molecule has 0 aliphatic heterocycles. The second kappa shape index (κ2) is 7.46. The average molecular weight is 386 g/mol. The van der Waals surface area contributed by atoms with Crippen LogP contribution in [0.2, 0.25) is 0 Å². The van der Waals surface area contributed by atoms with Crippen molar-refractivity contribution in [3.05, 3.63) is 59.2 Å². The smallest absolute Gasteiger partial charge is 0.322 e. The van der Waals surface area contributed by atoms with E-state index in [1.165, 1.54) is 16.9 Å². The lowest BCUT2D eigenvalue weighted by atomic mass is 10.1. The molecule has 2 N–H and O–H groups in total. The lowest BCUT2D eigenvalue weighted by Gasteiger charge is -2.11. The predicted octanol–water partition coefficient (Wildman–Crippen LogP) is 3.40. The largest absolute Gasteiger partial charge is 0.402 e.